The van der Waals surface area contributed by atoms with Crippen molar-refractivity contribution in [1.29, 1.82) is 0 Å². The zero-order valence-electron chi connectivity index (χ0n) is 15.3. The van der Waals surface area contributed by atoms with Gasteiger partial charge in [0.1, 0.15) is 12.3 Å². The molecule has 7 heteroatoms. The van der Waals surface area contributed by atoms with Crippen LogP contribution in [0.4, 0.5) is 5.69 Å². The molecule has 2 amide bonds. The lowest BCUT2D eigenvalue weighted by Crippen LogP contribution is -2.30. The SMILES string of the molecule is COC(=O)CNC(=O)c1cccc(NC(=O)CCc2ccccc2OC)c1. The fourth-order valence-electron chi connectivity index (χ4n) is 2.45. The van der Waals surface area contributed by atoms with Gasteiger partial charge in [0.15, 0.2) is 0 Å². The maximum atomic E-state index is 12.2. The first-order chi connectivity index (χ1) is 13.0. The number of anilines is 1. The van der Waals surface area contributed by atoms with E-state index < -0.39 is 11.9 Å². The summed E-state index contributed by atoms with van der Waals surface area (Å²) < 4.78 is 9.75. The third-order valence-corrected chi connectivity index (χ3v) is 3.84. The molecule has 0 aliphatic heterocycles. The van der Waals surface area contributed by atoms with Crippen LogP contribution in [0.5, 0.6) is 5.75 Å². The van der Waals surface area contributed by atoms with E-state index in [-0.39, 0.29) is 18.9 Å². The van der Waals surface area contributed by atoms with Crippen molar-refractivity contribution < 1.29 is 23.9 Å². The van der Waals surface area contributed by atoms with Crippen LogP contribution in [0.3, 0.4) is 0 Å². The summed E-state index contributed by atoms with van der Waals surface area (Å²) in [7, 11) is 2.84. The van der Waals surface area contributed by atoms with Crippen LogP contribution >= 0.6 is 0 Å². The maximum absolute atomic E-state index is 12.2. The highest BCUT2D eigenvalue weighted by atomic mass is 16.5. The molecule has 27 heavy (non-hydrogen) atoms. The molecule has 142 valence electrons. The summed E-state index contributed by atoms with van der Waals surface area (Å²) in [6.07, 6.45) is 0.814. The van der Waals surface area contributed by atoms with Gasteiger partial charge >= 0.3 is 5.97 Å². The number of amides is 2. The molecule has 0 aromatic heterocycles. The Morgan fingerprint density at radius 3 is 2.52 bits per heavy atom. The molecule has 0 fully saturated rings. The van der Waals surface area contributed by atoms with Crippen molar-refractivity contribution in [3.8, 4) is 5.75 Å². The second-order valence-electron chi connectivity index (χ2n) is 5.70. The van der Waals surface area contributed by atoms with Crippen molar-refractivity contribution in [3.05, 3.63) is 59.7 Å². The van der Waals surface area contributed by atoms with E-state index in [9.17, 15) is 14.4 Å². The second kappa shape index (κ2) is 9.96. The Balaban J connectivity index is 1.92. The Kier molecular flexibility index (Phi) is 7.37. The van der Waals surface area contributed by atoms with Gasteiger partial charge in [-0.05, 0) is 36.2 Å². The number of methoxy groups -OCH3 is 2. The zero-order valence-corrected chi connectivity index (χ0v) is 15.3. The Hall–Kier alpha value is -3.35. The van der Waals surface area contributed by atoms with Gasteiger partial charge in [0, 0.05) is 17.7 Å². The van der Waals surface area contributed by atoms with Crippen molar-refractivity contribution in [2.75, 3.05) is 26.1 Å². The van der Waals surface area contributed by atoms with Crippen LogP contribution < -0.4 is 15.4 Å². The first-order valence-corrected chi connectivity index (χ1v) is 8.40. The Labute approximate surface area is 157 Å². The van der Waals surface area contributed by atoms with Gasteiger partial charge in [-0.2, -0.15) is 0 Å². The van der Waals surface area contributed by atoms with E-state index in [0.29, 0.717) is 17.7 Å². The maximum Gasteiger partial charge on any atom is 0.325 e. The molecule has 0 heterocycles. The fourth-order valence-corrected chi connectivity index (χ4v) is 2.45. The molecule has 0 radical (unpaired) electrons. The lowest BCUT2D eigenvalue weighted by atomic mass is 10.1. The Bertz CT molecular complexity index is 820. The summed E-state index contributed by atoms with van der Waals surface area (Å²) in [6, 6.07) is 14.0. The molecule has 0 atom stereocenters. The molecule has 2 rings (SSSR count). The summed E-state index contributed by atoms with van der Waals surface area (Å²) in [6.45, 7) is -0.217. The first-order valence-electron chi connectivity index (χ1n) is 8.40. The minimum atomic E-state index is -0.538. The minimum absolute atomic E-state index is 0.173. The van der Waals surface area contributed by atoms with Crippen molar-refractivity contribution in [1.82, 2.24) is 5.32 Å². The van der Waals surface area contributed by atoms with Crippen LogP contribution in [0.25, 0.3) is 0 Å². The van der Waals surface area contributed by atoms with Gasteiger partial charge in [0.2, 0.25) is 5.91 Å². The van der Waals surface area contributed by atoms with E-state index in [1.54, 1.807) is 31.4 Å². The highest BCUT2D eigenvalue weighted by Crippen LogP contribution is 2.19. The predicted molar refractivity (Wildman–Crippen MR) is 101 cm³/mol. The fraction of sp³-hybridized carbons (Fsp3) is 0.250. The van der Waals surface area contributed by atoms with Gasteiger partial charge in [-0.3, -0.25) is 14.4 Å². The zero-order chi connectivity index (χ0) is 19.6. The van der Waals surface area contributed by atoms with Crippen LogP contribution in [0.1, 0.15) is 22.3 Å². The standard InChI is InChI=1S/C20H22N2O5/c1-26-17-9-4-3-6-14(17)10-11-18(23)22-16-8-5-7-15(12-16)20(25)21-13-19(24)27-2/h3-9,12H,10-11,13H2,1-2H3,(H,21,25)(H,22,23). The van der Waals surface area contributed by atoms with E-state index in [1.807, 2.05) is 24.3 Å². The van der Waals surface area contributed by atoms with Crippen LogP contribution in [0.15, 0.2) is 48.5 Å². The van der Waals surface area contributed by atoms with Gasteiger partial charge in [-0.15, -0.1) is 0 Å². The molecule has 0 spiro atoms. The number of ether oxygens (including phenoxy) is 2. The average Bonchev–Trinajstić information content (AvgIpc) is 2.70. The lowest BCUT2D eigenvalue weighted by molar-refractivity contribution is -0.139. The molecule has 2 aromatic rings. The smallest absolute Gasteiger partial charge is 0.325 e. The second-order valence-corrected chi connectivity index (χ2v) is 5.70. The number of para-hydroxylation sites is 1. The largest absolute Gasteiger partial charge is 0.496 e. The third kappa shape index (κ3) is 6.14. The van der Waals surface area contributed by atoms with Crippen molar-refractivity contribution >= 4 is 23.5 Å². The summed E-state index contributed by atoms with van der Waals surface area (Å²) in [5.74, 6) is -0.391. The summed E-state index contributed by atoms with van der Waals surface area (Å²) in [4.78, 5) is 35.3. The van der Waals surface area contributed by atoms with Crippen molar-refractivity contribution in [3.63, 3.8) is 0 Å². The van der Waals surface area contributed by atoms with E-state index >= 15 is 0 Å². The van der Waals surface area contributed by atoms with Gasteiger partial charge < -0.3 is 20.1 Å². The summed E-state index contributed by atoms with van der Waals surface area (Å²) >= 11 is 0. The highest BCUT2D eigenvalue weighted by molar-refractivity contribution is 5.98. The number of esters is 1. The lowest BCUT2D eigenvalue weighted by Gasteiger charge is -2.10. The van der Waals surface area contributed by atoms with Gasteiger partial charge in [0.25, 0.3) is 5.91 Å². The molecule has 2 aromatic carbocycles. The van der Waals surface area contributed by atoms with Crippen LogP contribution in [0, 0.1) is 0 Å². The third-order valence-electron chi connectivity index (χ3n) is 3.84. The van der Waals surface area contributed by atoms with E-state index in [2.05, 4.69) is 15.4 Å². The Morgan fingerprint density at radius 2 is 1.78 bits per heavy atom. The van der Waals surface area contributed by atoms with Gasteiger partial charge in [-0.25, -0.2) is 0 Å². The number of rotatable bonds is 8. The number of hydrogen-bond donors (Lipinski definition) is 2. The molecule has 0 aliphatic rings. The highest BCUT2D eigenvalue weighted by Gasteiger charge is 2.10. The molecular weight excluding hydrogens is 348 g/mol. The van der Waals surface area contributed by atoms with Crippen LogP contribution in [0.2, 0.25) is 0 Å². The van der Waals surface area contributed by atoms with Gasteiger partial charge in [0.05, 0.1) is 14.2 Å². The number of aryl methyl sites for hydroxylation is 1. The number of benzene rings is 2. The number of nitrogens with one attached hydrogen (secondary N) is 2. The molecule has 7 nitrogen and oxygen atoms in total. The number of carbonyl (C=O) groups is 3. The monoisotopic (exact) mass is 370 g/mol. The first kappa shape index (κ1) is 20.0. The molecule has 0 bridgehead atoms. The molecule has 0 saturated carbocycles. The van der Waals surface area contributed by atoms with Crippen LogP contribution in [-0.2, 0) is 20.7 Å². The summed E-state index contributed by atoms with van der Waals surface area (Å²) in [5.41, 5.74) is 1.79. The molecule has 2 N–H and O–H groups in total. The van der Waals surface area contributed by atoms with Crippen LogP contribution in [-0.4, -0.2) is 38.5 Å². The number of hydrogen-bond acceptors (Lipinski definition) is 5. The molecule has 0 aliphatic carbocycles. The quantitative estimate of drug-likeness (QED) is 0.695. The minimum Gasteiger partial charge on any atom is -0.496 e. The number of carbonyl (C=O) groups excluding carboxylic acids is 3. The van der Waals surface area contributed by atoms with Gasteiger partial charge in [-0.1, -0.05) is 24.3 Å². The van der Waals surface area contributed by atoms with E-state index in [1.165, 1.54) is 7.11 Å². The predicted octanol–water partition coefficient (Wildman–Crippen LogP) is 2.17. The normalized spacial score (nSPS) is 10.0. The van der Waals surface area contributed by atoms with E-state index in [4.69, 9.17) is 4.74 Å². The summed E-state index contributed by atoms with van der Waals surface area (Å²) in [5, 5.41) is 5.22. The molecule has 0 saturated heterocycles. The molecular formula is C20H22N2O5. The van der Waals surface area contributed by atoms with Crippen molar-refractivity contribution in [2.24, 2.45) is 0 Å². The topological polar surface area (TPSA) is 93.7 Å². The average molecular weight is 370 g/mol. The van der Waals surface area contributed by atoms with E-state index in [0.717, 1.165) is 11.3 Å². The Morgan fingerprint density at radius 1 is 1.00 bits per heavy atom. The van der Waals surface area contributed by atoms with Crippen molar-refractivity contribution in [2.45, 2.75) is 12.8 Å². The molecule has 0 unspecified atom stereocenters.